The summed E-state index contributed by atoms with van der Waals surface area (Å²) in [7, 11) is 1.81. The monoisotopic (exact) mass is 389 g/mol. The van der Waals surface area contributed by atoms with Crippen molar-refractivity contribution in [3.05, 3.63) is 34.9 Å². The molecular weight excluding hydrogens is 361 g/mol. The minimum atomic E-state index is 0. The summed E-state index contributed by atoms with van der Waals surface area (Å²) in [5.74, 6) is 1.51. The molecule has 114 valence electrons. The van der Waals surface area contributed by atoms with E-state index in [-0.39, 0.29) is 24.0 Å². The van der Waals surface area contributed by atoms with E-state index in [2.05, 4.69) is 61.5 Å². The minimum absolute atomic E-state index is 0. The van der Waals surface area contributed by atoms with Crippen molar-refractivity contribution in [1.29, 1.82) is 0 Å². The number of benzene rings is 1. The van der Waals surface area contributed by atoms with Gasteiger partial charge in [-0.1, -0.05) is 37.6 Å². The van der Waals surface area contributed by atoms with Gasteiger partial charge in [-0.05, 0) is 37.3 Å². The first-order valence-corrected chi connectivity index (χ1v) is 7.03. The molecule has 0 spiro atoms. The Morgan fingerprint density at radius 1 is 1.20 bits per heavy atom. The molecule has 0 aliphatic carbocycles. The normalized spacial score (nSPS) is 11.2. The second-order valence-electron chi connectivity index (χ2n) is 5.45. The van der Waals surface area contributed by atoms with Crippen LogP contribution in [0.3, 0.4) is 0 Å². The van der Waals surface area contributed by atoms with Crippen LogP contribution in [0.2, 0.25) is 0 Å². The molecule has 4 heteroatoms. The van der Waals surface area contributed by atoms with Gasteiger partial charge in [0.25, 0.3) is 0 Å². The van der Waals surface area contributed by atoms with Gasteiger partial charge in [-0.2, -0.15) is 0 Å². The lowest BCUT2D eigenvalue weighted by Gasteiger charge is -2.14. The highest BCUT2D eigenvalue weighted by molar-refractivity contribution is 14.0. The first-order valence-electron chi connectivity index (χ1n) is 7.03. The van der Waals surface area contributed by atoms with Gasteiger partial charge in [0.2, 0.25) is 0 Å². The molecule has 0 radical (unpaired) electrons. The van der Waals surface area contributed by atoms with E-state index in [4.69, 9.17) is 0 Å². The molecule has 0 bridgehead atoms. The van der Waals surface area contributed by atoms with Crippen LogP contribution in [0.4, 0.5) is 0 Å². The molecule has 20 heavy (non-hydrogen) atoms. The van der Waals surface area contributed by atoms with E-state index in [1.807, 2.05) is 7.05 Å². The predicted molar refractivity (Wildman–Crippen MR) is 99.2 cm³/mol. The fourth-order valence-corrected chi connectivity index (χ4v) is 1.96. The van der Waals surface area contributed by atoms with Crippen molar-refractivity contribution in [3.63, 3.8) is 0 Å². The number of nitrogens with zero attached hydrogens (tertiary/aromatic N) is 1. The van der Waals surface area contributed by atoms with Crippen LogP contribution in [0.5, 0.6) is 0 Å². The molecule has 0 amide bonds. The zero-order chi connectivity index (χ0) is 14.3. The Labute approximate surface area is 140 Å². The maximum atomic E-state index is 4.22. The molecule has 3 nitrogen and oxygen atoms in total. The van der Waals surface area contributed by atoms with Gasteiger partial charge < -0.3 is 10.6 Å². The van der Waals surface area contributed by atoms with Gasteiger partial charge >= 0.3 is 0 Å². The zero-order valence-electron chi connectivity index (χ0n) is 13.3. The third-order valence-electron chi connectivity index (χ3n) is 3.09. The minimum Gasteiger partial charge on any atom is -0.356 e. The van der Waals surface area contributed by atoms with Crippen molar-refractivity contribution >= 4 is 29.9 Å². The van der Waals surface area contributed by atoms with Gasteiger partial charge in [0.05, 0.1) is 0 Å². The second-order valence-corrected chi connectivity index (χ2v) is 5.45. The Morgan fingerprint density at radius 3 is 2.45 bits per heavy atom. The third-order valence-corrected chi connectivity index (χ3v) is 3.09. The molecule has 0 saturated carbocycles. The van der Waals surface area contributed by atoms with Crippen molar-refractivity contribution in [2.75, 3.05) is 20.1 Å². The van der Waals surface area contributed by atoms with Crippen molar-refractivity contribution in [2.24, 2.45) is 10.9 Å². The molecule has 0 aliphatic heterocycles. The average Bonchev–Trinajstić information content (AvgIpc) is 2.35. The number of hydrogen-bond donors (Lipinski definition) is 2. The fraction of sp³-hybridized carbons (Fsp3) is 0.562. The van der Waals surface area contributed by atoms with Crippen LogP contribution in [0.1, 0.15) is 30.5 Å². The lowest BCUT2D eigenvalue weighted by atomic mass is 10.0. The van der Waals surface area contributed by atoms with Gasteiger partial charge in [0.1, 0.15) is 0 Å². The number of hydrogen-bond acceptors (Lipinski definition) is 1. The van der Waals surface area contributed by atoms with Crippen LogP contribution in [0, 0.1) is 19.8 Å². The van der Waals surface area contributed by atoms with Crippen LogP contribution < -0.4 is 10.6 Å². The Balaban J connectivity index is 0.00000361. The lowest BCUT2D eigenvalue weighted by Crippen LogP contribution is -2.39. The molecule has 0 saturated heterocycles. The van der Waals surface area contributed by atoms with E-state index in [0.29, 0.717) is 5.92 Å². The number of halogens is 1. The summed E-state index contributed by atoms with van der Waals surface area (Å²) >= 11 is 0. The standard InChI is InChI=1S/C16H27N3.HI/c1-12(2)11-19-16(17-5)18-9-8-15-7-6-13(3)10-14(15)4;/h6-7,10,12H,8-9,11H2,1-5H3,(H2,17,18,19);1H. The molecule has 1 aromatic rings. The lowest BCUT2D eigenvalue weighted by molar-refractivity contribution is 0.614. The summed E-state index contributed by atoms with van der Waals surface area (Å²) in [4.78, 5) is 4.22. The van der Waals surface area contributed by atoms with Gasteiger partial charge in [-0.3, -0.25) is 4.99 Å². The van der Waals surface area contributed by atoms with Crippen molar-refractivity contribution in [3.8, 4) is 0 Å². The van der Waals surface area contributed by atoms with Crippen molar-refractivity contribution < 1.29 is 0 Å². The zero-order valence-corrected chi connectivity index (χ0v) is 15.6. The van der Waals surface area contributed by atoms with Crippen LogP contribution in [-0.4, -0.2) is 26.1 Å². The molecule has 0 atom stereocenters. The van der Waals surface area contributed by atoms with Gasteiger partial charge in [0, 0.05) is 20.1 Å². The molecule has 1 rings (SSSR count). The molecule has 0 aromatic heterocycles. The molecule has 2 N–H and O–H groups in total. The maximum absolute atomic E-state index is 4.22. The third kappa shape index (κ3) is 7.12. The summed E-state index contributed by atoms with van der Waals surface area (Å²) in [6.07, 6.45) is 1.02. The van der Waals surface area contributed by atoms with Crippen LogP contribution >= 0.6 is 24.0 Å². The van der Waals surface area contributed by atoms with Crippen LogP contribution in [-0.2, 0) is 6.42 Å². The topological polar surface area (TPSA) is 36.4 Å². The highest BCUT2D eigenvalue weighted by atomic mass is 127. The quantitative estimate of drug-likeness (QED) is 0.461. The molecule has 0 unspecified atom stereocenters. The largest absolute Gasteiger partial charge is 0.356 e. The Morgan fingerprint density at radius 2 is 1.90 bits per heavy atom. The van der Waals surface area contributed by atoms with E-state index in [1.165, 1.54) is 16.7 Å². The summed E-state index contributed by atoms with van der Waals surface area (Å²) in [6.45, 7) is 10.5. The summed E-state index contributed by atoms with van der Waals surface area (Å²) in [5.41, 5.74) is 4.09. The van der Waals surface area contributed by atoms with Gasteiger partial charge in [-0.15, -0.1) is 24.0 Å². The predicted octanol–water partition coefficient (Wildman–Crippen LogP) is 3.28. The number of aryl methyl sites for hydroxylation is 2. The molecule has 1 aromatic carbocycles. The Kier molecular flexibility index (Phi) is 9.63. The molecule has 0 aliphatic rings. The van der Waals surface area contributed by atoms with E-state index in [0.717, 1.165) is 25.5 Å². The Bertz CT molecular complexity index is 428. The summed E-state index contributed by atoms with van der Waals surface area (Å²) in [5, 5.41) is 6.67. The van der Waals surface area contributed by atoms with Crippen molar-refractivity contribution in [2.45, 2.75) is 34.1 Å². The maximum Gasteiger partial charge on any atom is 0.190 e. The van der Waals surface area contributed by atoms with E-state index in [1.54, 1.807) is 0 Å². The van der Waals surface area contributed by atoms with Crippen molar-refractivity contribution in [1.82, 2.24) is 10.6 Å². The Hall–Kier alpha value is -0.780. The first kappa shape index (κ1) is 19.2. The SMILES string of the molecule is CN=C(NCCc1ccc(C)cc1C)NCC(C)C.I. The highest BCUT2D eigenvalue weighted by Gasteiger charge is 2.01. The smallest absolute Gasteiger partial charge is 0.190 e. The van der Waals surface area contributed by atoms with E-state index in [9.17, 15) is 0 Å². The van der Waals surface area contributed by atoms with Crippen LogP contribution in [0.15, 0.2) is 23.2 Å². The van der Waals surface area contributed by atoms with E-state index < -0.39 is 0 Å². The van der Waals surface area contributed by atoms with Gasteiger partial charge in [-0.25, -0.2) is 0 Å². The molecular formula is C16H28IN3. The fourth-order valence-electron chi connectivity index (χ4n) is 1.96. The van der Waals surface area contributed by atoms with Gasteiger partial charge in [0.15, 0.2) is 5.96 Å². The molecule has 0 heterocycles. The number of aliphatic imine (C=N–C) groups is 1. The number of guanidine groups is 1. The number of rotatable bonds is 5. The number of nitrogens with one attached hydrogen (secondary N) is 2. The van der Waals surface area contributed by atoms with E-state index >= 15 is 0 Å². The van der Waals surface area contributed by atoms with Crippen LogP contribution in [0.25, 0.3) is 0 Å². The summed E-state index contributed by atoms with van der Waals surface area (Å²) in [6, 6.07) is 6.63. The molecule has 0 fully saturated rings. The highest BCUT2D eigenvalue weighted by Crippen LogP contribution is 2.10. The first-order chi connectivity index (χ1) is 9.02. The average molecular weight is 389 g/mol. The second kappa shape index (κ2) is 10.0. The summed E-state index contributed by atoms with van der Waals surface area (Å²) < 4.78 is 0.